The Hall–Kier alpha value is -2.13. The van der Waals surface area contributed by atoms with Gasteiger partial charge >= 0.3 is 0 Å². The zero-order valence-corrected chi connectivity index (χ0v) is 22.3. The minimum absolute atomic E-state index is 0.140. The molecule has 0 saturated heterocycles. The lowest BCUT2D eigenvalue weighted by Crippen LogP contribution is -2.45. The number of halogens is 1. The summed E-state index contributed by atoms with van der Waals surface area (Å²) >= 11 is 6.32. The van der Waals surface area contributed by atoms with Gasteiger partial charge in [-0.25, -0.2) is 4.90 Å². The molecule has 1 saturated carbocycles. The van der Waals surface area contributed by atoms with Gasteiger partial charge in [0, 0.05) is 28.2 Å². The first-order chi connectivity index (χ1) is 17.8. The summed E-state index contributed by atoms with van der Waals surface area (Å²) in [6.07, 6.45) is 2.61. The molecule has 2 heterocycles. The van der Waals surface area contributed by atoms with E-state index in [4.69, 9.17) is 21.1 Å². The summed E-state index contributed by atoms with van der Waals surface area (Å²) in [6.45, 7) is 5.24. The zero-order valence-electron chi connectivity index (χ0n) is 21.5. The third kappa shape index (κ3) is 5.39. The molecule has 4 N–H and O–H groups in total. The number of H-pyrrole nitrogens is 1. The van der Waals surface area contributed by atoms with Crippen molar-refractivity contribution in [2.75, 3.05) is 33.0 Å². The maximum absolute atomic E-state index is 11.1. The number of rotatable bonds is 11. The second-order valence-electron chi connectivity index (χ2n) is 11.1. The van der Waals surface area contributed by atoms with Crippen molar-refractivity contribution >= 4 is 22.5 Å². The molecule has 0 bridgehead atoms. The number of hydrogen-bond donors (Lipinski definition) is 4. The lowest BCUT2D eigenvalue weighted by Gasteiger charge is -2.39. The second-order valence-corrected chi connectivity index (χ2v) is 11.5. The van der Waals surface area contributed by atoms with E-state index in [2.05, 4.69) is 11.9 Å². The second kappa shape index (κ2) is 10.6. The lowest BCUT2D eigenvalue weighted by atomic mass is 9.88. The van der Waals surface area contributed by atoms with E-state index < -0.39 is 11.8 Å². The van der Waals surface area contributed by atoms with E-state index >= 15 is 0 Å². The first kappa shape index (κ1) is 26.5. The largest absolute Gasteiger partial charge is 0.493 e. The van der Waals surface area contributed by atoms with Gasteiger partial charge in [0.15, 0.2) is 0 Å². The number of nitrogens with one attached hydrogen (secondary N) is 1. The molecule has 0 amide bonds. The Morgan fingerprint density at radius 3 is 2.54 bits per heavy atom. The average molecular weight is 529 g/mol. The summed E-state index contributed by atoms with van der Waals surface area (Å²) in [5.74, 6) is 0.660. The van der Waals surface area contributed by atoms with Crippen LogP contribution in [0.4, 0.5) is 0 Å². The highest BCUT2D eigenvalue weighted by Gasteiger charge is 2.40. The zero-order chi connectivity index (χ0) is 26.2. The smallest absolute Gasteiger partial charge is 0.216 e. The summed E-state index contributed by atoms with van der Waals surface area (Å²) in [5.41, 5.74) is 3.76. The molecule has 1 aromatic heterocycles. The molecular formula is C29H37ClN2O5. The van der Waals surface area contributed by atoms with Gasteiger partial charge in [0.1, 0.15) is 5.75 Å². The first-order valence-electron chi connectivity index (χ1n) is 13.1. The number of aliphatic hydroxyl groups excluding tert-OH is 3. The summed E-state index contributed by atoms with van der Waals surface area (Å²) in [7, 11) is 0. The number of hydrogen-bond acceptors (Lipinski definition) is 6. The number of aliphatic hydroxyl groups is 3. The minimum Gasteiger partial charge on any atom is -0.493 e. The highest BCUT2D eigenvalue weighted by Crippen LogP contribution is 2.46. The van der Waals surface area contributed by atoms with Crippen LogP contribution in [0.3, 0.4) is 0 Å². The van der Waals surface area contributed by atoms with E-state index in [0.29, 0.717) is 30.3 Å². The topological polar surface area (TPSA) is 98.2 Å². The van der Waals surface area contributed by atoms with E-state index in [-0.39, 0.29) is 31.3 Å². The van der Waals surface area contributed by atoms with Crippen LogP contribution < -0.4 is 4.74 Å². The number of aromatic amines is 1. The van der Waals surface area contributed by atoms with Crippen LogP contribution >= 0.6 is 11.6 Å². The van der Waals surface area contributed by atoms with Crippen LogP contribution in [0.5, 0.6) is 5.75 Å². The molecular weight excluding hydrogens is 492 g/mol. The maximum Gasteiger partial charge on any atom is 0.216 e. The normalized spacial score (nSPS) is 20.1. The molecule has 3 aromatic rings. The number of nitrogens with zero attached hydrogens (tertiary/aromatic N) is 1. The van der Waals surface area contributed by atoms with Crippen molar-refractivity contribution in [1.82, 2.24) is 9.88 Å². The standard InChI is InChI=1S/C29H37ClN2O5/c1-3-29(15-33,16-34)18-36-21-7-4-19(5-8-21)26-25-22(23-14-20(30)6-9-24(23)31-25)10-13-32(26)27(35)37-17-28(2)11-12-28/h4-9,14,26-27,31,33-35H,3,10-13,15-18H2,1-2H3/t26-,27?/m0/s1. The van der Waals surface area contributed by atoms with E-state index in [1.54, 1.807) is 0 Å². The van der Waals surface area contributed by atoms with Crippen molar-refractivity contribution in [3.63, 3.8) is 0 Å². The fourth-order valence-electron chi connectivity index (χ4n) is 5.05. The Bertz CT molecular complexity index is 1210. The predicted octanol–water partition coefficient (Wildman–Crippen LogP) is 4.62. The SMILES string of the molecule is CCC(CO)(CO)COc1ccc([C@H]2c3[nH]c4ccc(Cl)cc4c3CCN2C(O)OCC2(C)CC2)cc1. The Morgan fingerprint density at radius 1 is 1.16 bits per heavy atom. The minimum atomic E-state index is -1.03. The van der Waals surface area contributed by atoms with Gasteiger partial charge in [0.05, 0.1) is 37.9 Å². The molecule has 1 unspecified atom stereocenters. The van der Waals surface area contributed by atoms with Gasteiger partial charge in [-0.1, -0.05) is 37.6 Å². The van der Waals surface area contributed by atoms with Crippen LogP contribution in [-0.2, 0) is 11.2 Å². The van der Waals surface area contributed by atoms with E-state index in [0.717, 1.165) is 41.4 Å². The fraction of sp³-hybridized carbons (Fsp3) is 0.517. The van der Waals surface area contributed by atoms with Crippen LogP contribution in [0.15, 0.2) is 42.5 Å². The molecule has 2 aliphatic rings. The molecule has 5 rings (SSSR count). The van der Waals surface area contributed by atoms with Crippen LogP contribution in [0.2, 0.25) is 5.02 Å². The van der Waals surface area contributed by atoms with Gasteiger partial charge in [-0.05, 0) is 72.6 Å². The summed E-state index contributed by atoms with van der Waals surface area (Å²) in [5, 5.41) is 32.4. The highest BCUT2D eigenvalue weighted by molar-refractivity contribution is 6.31. The number of fused-ring (bicyclic) bond motifs is 3. The molecule has 0 radical (unpaired) electrons. The van der Waals surface area contributed by atoms with E-state index in [1.165, 1.54) is 5.56 Å². The van der Waals surface area contributed by atoms with E-state index in [1.807, 2.05) is 54.3 Å². The molecule has 0 spiro atoms. The molecule has 1 fully saturated rings. The Kier molecular flexibility index (Phi) is 7.56. The third-order valence-electron chi connectivity index (χ3n) is 8.26. The van der Waals surface area contributed by atoms with Gasteiger partial charge in [-0.15, -0.1) is 0 Å². The number of benzene rings is 2. The van der Waals surface area contributed by atoms with Crippen molar-refractivity contribution in [2.24, 2.45) is 10.8 Å². The van der Waals surface area contributed by atoms with Gasteiger partial charge in [-0.3, -0.25) is 0 Å². The summed E-state index contributed by atoms with van der Waals surface area (Å²) < 4.78 is 11.9. The lowest BCUT2D eigenvalue weighted by molar-refractivity contribution is -0.211. The monoisotopic (exact) mass is 528 g/mol. The molecule has 2 atom stereocenters. The van der Waals surface area contributed by atoms with E-state index in [9.17, 15) is 15.3 Å². The number of ether oxygens (including phenoxy) is 2. The molecule has 200 valence electrons. The quantitative estimate of drug-likeness (QED) is 0.271. The van der Waals surface area contributed by atoms with Crippen molar-refractivity contribution in [1.29, 1.82) is 0 Å². The molecule has 1 aliphatic carbocycles. The van der Waals surface area contributed by atoms with Crippen LogP contribution in [-0.4, -0.2) is 64.6 Å². The molecule has 37 heavy (non-hydrogen) atoms. The molecule has 2 aromatic carbocycles. The van der Waals surface area contributed by atoms with Crippen LogP contribution in [0, 0.1) is 10.8 Å². The van der Waals surface area contributed by atoms with Gasteiger partial charge < -0.3 is 29.8 Å². The fourth-order valence-corrected chi connectivity index (χ4v) is 5.23. The van der Waals surface area contributed by atoms with Gasteiger partial charge in [0.2, 0.25) is 6.41 Å². The van der Waals surface area contributed by atoms with Crippen molar-refractivity contribution in [3.8, 4) is 5.75 Å². The highest BCUT2D eigenvalue weighted by atomic mass is 35.5. The van der Waals surface area contributed by atoms with Crippen molar-refractivity contribution < 1.29 is 24.8 Å². The van der Waals surface area contributed by atoms with Crippen molar-refractivity contribution in [3.05, 3.63) is 64.3 Å². The predicted molar refractivity (Wildman–Crippen MR) is 144 cm³/mol. The third-order valence-corrected chi connectivity index (χ3v) is 8.49. The molecule has 8 heteroatoms. The summed E-state index contributed by atoms with van der Waals surface area (Å²) in [4.78, 5) is 5.59. The van der Waals surface area contributed by atoms with Crippen LogP contribution in [0.1, 0.15) is 56.0 Å². The molecule has 1 aliphatic heterocycles. The first-order valence-corrected chi connectivity index (χ1v) is 13.5. The maximum atomic E-state index is 11.1. The summed E-state index contributed by atoms with van der Waals surface area (Å²) in [6, 6.07) is 13.4. The van der Waals surface area contributed by atoms with Gasteiger partial charge in [0.25, 0.3) is 0 Å². The average Bonchev–Trinajstić information content (AvgIpc) is 3.55. The van der Waals surface area contributed by atoms with Gasteiger partial charge in [-0.2, -0.15) is 0 Å². The number of aromatic nitrogens is 1. The Morgan fingerprint density at radius 2 is 1.89 bits per heavy atom. The molecule has 7 nitrogen and oxygen atoms in total. The Balaban J connectivity index is 1.44. The van der Waals surface area contributed by atoms with Crippen LogP contribution in [0.25, 0.3) is 10.9 Å². The Labute approximate surface area is 223 Å². The van der Waals surface area contributed by atoms with Crippen molar-refractivity contribution in [2.45, 2.75) is 52.0 Å².